The summed E-state index contributed by atoms with van der Waals surface area (Å²) in [6.45, 7) is 5.55. The zero-order valence-corrected chi connectivity index (χ0v) is 32.0. The average Bonchev–Trinajstić information content (AvgIpc) is 3.65. The molecule has 1 saturated carbocycles. The minimum absolute atomic E-state index is 0.0126. The quantitative estimate of drug-likeness (QED) is 0.156. The van der Waals surface area contributed by atoms with Crippen molar-refractivity contribution in [2.45, 2.75) is 107 Å². The van der Waals surface area contributed by atoms with Crippen molar-refractivity contribution in [3.05, 3.63) is 93.6 Å². The van der Waals surface area contributed by atoms with Gasteiger partial charge in [-0.25, -0.2) is 0 Å². The molecule has 2 N–H and O–H groups in total. The Labute approximate surface area is 326 Å². The molecule has 1 aromatic carbocycles. The van der Waals surface area contributed by atoms with Gasteiger partial charge in [0.05, 0.1) is 23.0 Å². The Hall–Kier alpha value is -4.11. The summed E-state index contributed by atoms with van der Waals surface area (Å²) >= 11 is 0.388. The fourth-order valence-electron chi connectivity index (χ4n) is 8.86. The number of benzene rings is 1. The first-order valence-corrected chi connectivity index (χ1v) is 20.0. The minimum atomic E-state index is -4.90. The molecule has 2 aliphatic heterocycles. The molecule has 1 aliphatic carbocycles. The lowest BCUT2D eigenvalue weighted by Gasteiger charge is -2.51. The van der Waals surface area contributed by atoms with Crippen molar-refractivity contribution in [1.29, 1.82) is 0 Å². The molecule has 8 nitrogen and oxygen atoms in total. The highest BCUT2D eigenvalue weighted by atomic mass is 32.1. The molecule has 304 valence electrons. The SMILES string of the molecule is C=C(O)C1CCC(Cc2ccccc2C2(O)CCN(C(=O)[C@]3(Oc4csc(C(F)(F)F)c4)CCCN(C(=O)c4ncccc4C(F)(F)F)[C@@H]3CCC)CC2)CC1. The van der Waals surface area contributed by atoms with E-state index in [9.17, 15) is 46.1 Å². The highest BCUT2D eigenvalue weighted by molar-refractivity contribution is 7.10. The molecule has 0 unspecified atom stereocenters. The monoisotopic (exact) mass is 807 g/mol. The van der Waals surface area contributed by atoms with E-state index in [1.54, 1.807) is 6.92 Å². The maximum Gasteiger partial charge on any atom is 0.425 e. The minimum Gasteiger partial charge on any atom is -0.513 e. The van der Waals surface area contributed by atoms with Gasteiger partial charge in [0.2, 0.25) is 5.60 Å². The summed E-state index contributed by atoms with van der Waals surface area (Å²) in [6.07, 6.45) is -3.43. The molecule has 15 heteroatoms. The molecule has 4 heterocycles. The van der Waals surface area contributed by atoms with Crippen molar-refractivity contribution in [3.8, 4) is 5.75 Å². The Bertz CT molecular complexity index is 1880. The number of ether oxygens (including phenoxy) is 1. The van der Waals surface area contributed by atoms with Crippen LogP contribution in [0.4, 0.5) is 26.3 Å². The summed E-state index contributed by atoms with van der Waals surface area (Å²) < 4.78 is 89.8. The van der Waals surface area contributed by atoms with E-state index in [1.807, 2.05) is 24.3 Å². The van der Waals surface area contributed by atoms with Gasteiger partial charge < -0.3 is 24.7 Å². The lowest BCUT2D eigenvalue weighted by atomic mass is 9.75. The molecular formula is C41H47F6N3O5S. The van der Waals surface area contributed by atoms with Gasteiger partial charge in [0.1, 0.15) is 16.3 Å². The van der Waals surface area contributed by atoms with Crippen LogP contribution in [0.25, 0.3) is 0 Å². The molecule has 2 amide bonds. The number of aliphatic hydroxyl groups is 2. The van der Waals surface area contributed by atoms with E-state index in [0.717, 1.165) is 73.0 Å². The van der Waals surface area contributed by atoms with Crippen molar-refractivity contribution in [2.24, 2.45) is 11.8 Å². The average molecular weight is 808 g/mol. The Morgan fingerprint density at radius 2 is 1.68 bits per heavy atom. The van der Waals surface area contributed by atoms with Crippen LogP contribution in [0.15, 0.2) is 66.4 Å². The number of halogens is 6. The van der Waals surface area contributed by atoms with Gasteiger partial charge in [-0.05, 0) is 87.0 Å². The normalized spacial score (nSPS) is 24.5. The molecule has 0 radical (unpaired) electrons. The first kappa shape index (κ1) is 41.5. The molecule has 6 rings (SSSR count). The fourth-order valence-corrected chi connectivity index (χ4v) is 9.53. The second-order valence-electron chi connectivity index (χ2n) is 15.3. The van der Waals surface area contributed by atoms with E-state index in [-0.39, 0.29) is 69.2 Å². The number of nitrogens with zero attached hydrogens (tertiary/aromatic N) is 3. The Morgan fingerprint density at radius 1 is 0.982 bits per heavy atom. The summed E-state index contributed by atoms with van der Waals surface area (Å²) in [5, 5.41) is 23.2. The van der Waals surface area contributed by atoms with Crippen LogP contribution in [0.5, 0.6) is 5.75 Å². The van der Waals surface area contributed by atoms with Crippen LogP contribution in [0.1, 0.15) is 103 Å². The number of hydrogen-bond acceptors (Lipinski definition) is 7. The first-order valence-electron chi connectivity index (χ1n) is 19.1. The second kappa shape index (κ2) is 16.4. The highest BCUT2D eigenvalue weighted by Crippen LogP contribution is 2.44. The number of alkyl halides is 6. The second-order valence-corrected chi connectivity index (χ2v) is 16.2. The predicted octanol–water partition coefficient (Wildman–Crippen LogP) is 9.33. The number of aromatic nitrogens is 1. The van der Waals surface area contributed by atoms with Crippen LogP contribution in [0.2, 0.25) is 0 Å². The maximum absolute atomic E-state index is 15.0. The highest BCUT2D eigenvalue weighted by Gasteiger charge is 2.57. The van der Waals surface area contributed by atoms with Crippen LogP contribution < -0.4 is 4.74 Å². The number of aliphatic hydroxyl groups excluding tert-OH is 1. The number of likely N-dealkylation sites (tertiary alicyclic amines) is 2. The molecule has 2 aromatic heterocycles. The third-order valence-corrected chi connectivity index (χ3v) is 12.7. The number of pyridine rings is 1. The van der Waals surface area contributed by atoms with Crippen molar-refractivity contribution in [3.63, 3.8) is 0 Å². The molecule has 0 bridgehead atoms. The molecular weight excluding hydrogens is 761 g/mol. The van der Waals surface area contributed by atoms with Gasteiger partial charge in [0.25, 0.3) is 11.8 Å². The smallest absolute Gasteiger partial charge is 0.425 e. The summed E-state index contributed by atoms with van der Waals surface area (Å²) in [6, 6.07) is 9.13. The van der Waals surface area contributed by atoms with E-state index >= 15 is 0 Å². The van der Waals surface area contributed by atoms with Crippen molar-refractivity contribution < 1.29 is 50.9 Å². The summed E-state index contributed by atoms with van der Waals surface area (Å²) in [5.74, 6) is -1.25. The van der Waals surface area contributed by atoms with Gasteiger partial charge in [-0.2, -0.15) is 26.3 Å². The molecule has 56 heavy (non-hydrogen) atoms. The number of carbonyl (C=O) groups excluding carboxylic acids is 2. The molecule has 2 atom stereocenters. The van der Waals surface area contributed by atoms with E-state index in [4.69, 9.17) is 4.74 Å². The third kappa shape index (κ3) is 8.58. The maximum atomic E-state index is 15.0. The fraction of sp³-hybridized carbons (Fsp3) is 0.537. The number of allylic oxidation sites excluding steroid dienone is 1. The predicted molar refractivity (Wildman–Crippen MR) is 198 cm³/mol. The number of amides is 2. The van der Waals surface area contributed by atoms with Crippen LogP contribution in [-0.4, -0.2) is 68.1 Å². The summed E-state index contributed by atoms with van der Waals surface area (Å²) in [5.41, 5.74) is -3.57. The van der Waals surface area contributed by atoms with Gasteiger partial charge in [-0.3, -0.25) is 14.6 Å². The Morgan fingerprint density at radius 3 is 2.30 bits per heavy atom. The molecule has 3 aromatic rings. The Balaban J connectivity index is 1.29. The van der Waals surface area contributed by atoms with Crippen LogP contribution in [-0.2, 0) is 29.2 Å². The zero-order valence-electron chi connectivity index (χ0n) is 31.2. The van der Waals surface area contributed by atoms with Crippen molar-refractivity contribution >= 4 is 23.2 Å². The van der Waals surface area contributed by atoms with Crippen molar-refractivity contribution in [2.75, 3.05) is 19.6 Å². The van der Waals surface area contributed by atoms with E-state index in [0.29, 0.717) is 23.7 Å². The van der Waals surface area contributed by atoms with E-state index in [2.05, 4.69) is 11.6 Å². The standard InChI is InChI=1S/C41H47F6N3O5S/c1-3-8-33-39(55-30-24-34(56-25-30)41(45,46)47,16-7-20-50(33)36(52)35-32(40(42,43)44)11-6-19-48-35)37(53)49-21-17-38(54,18-22-49)31-10-5-4-9-29(31)23-27-12-14-28(15-13-27)26(2)51/h4-6,9-11,19,24-25,27-28,33,51,54H,2-3,7-8,12-18,20-23H2,1H3/t27?,28?,33-,39+/m1/s1. The molecule has 3 fully saturated rings. The van der Waals surface area contributed by atoms with Crippen molar-refractivity contribution in [1.82, 2.24) is 14.8 Å². The van der Waals surface area contributed by atoms with E-state index < -0.39 is 57.5 Å². The number of hydrogen-bond donors (Lipinski definition) is 2. The lowest BCUT2D eigenvalue weighted by molar-refractivity contribution is -0.163. The lowest BCUT2D eigenvalue weighted by Crippen LogP contribution is -2.68. The summed E-state index contributed by atoms with van der Waals surface area (Å²) in [7, 11) is 0. The van der Waals surface area contributed by atoms with Gasteiger partial charge in [-0.1, -0.05) is 44.2 Å². The van der Waals surface area contributed by atoms with Crippen LogP contribution in [0.3, 0.4) is 0 Å². The first-order chi connectivity index (χ1) is 26.5. The third-order valence-electron chi connectivity index (χ3n) is 11.7. The van der Waals surface area contributed by atoms with Gasteiger partial charge in [0, 0.05) is 49.6 Å². The molecule has 2 saturated heterocycles. The Kier molecular flexibility index (Phi) is 12.2. The van der Waals surface area contributed by atoms with Gasteiger partial charge >= 0.3 is 12.4 Å². The van der Waals surface area contributed by atoms with Crippen LogP contribution >= 0.6 is 11.3 Å². The zero-order chi connectivity index (χ0) is 40.5. The van der Waals surface area contributed by atoms with Gasteiger partial charge in [0.15, 0.2) is 0 Å². The number of thiophene rings is 1. The number of carbonyl (C=O) groups is 2. The van der Waals surface area contributed by atoms with Gasteiger partial charge in [-0.15, -0.1) is 11.3 Å². The number of rotatable bonds is 10. The van der Waals surface area contributed by atoms with E-state index in [1.165, 1.54) is 9.80 Å². The molecule has 0 spiro atoms. The largest absolute Gasteiger partial charge is 0.513 e. The number of piperidine rings is 2. The van der Waals surface area contributed by atoms with Crippen LogP contribution in [0, 0.1) is 11.8 Å². The molecule has 3 aliphatic rings. The summed E-state index contributed by atoms with van der Waals surface area (Å²) in [4.78, 5) is 34.6. The topological polar surface area (TPSA) is 103 Å².